The molecule has 0 radical (unpaired) electrons. The molecule has 4 saturated carbocycles. The standard InChI is InChI=1S/C27H38N2O4/c1-18(2)23-5-3-19(4-6-23)7-9-28-24(30)17-33-25(31)8-10-29-26(32)27-14-20-11-21(15-27)13-22(12-20)16-27/h3-6,18,20-22H,7-17H2,1-2H3,(H,28,30)(H,29,32). The largest absolute Gasteiger partial charge is 0.456 e. The summed E-state index contributed by atoms with van der Waals surface area (Å²) in [6.07, 6.45) is 7.75. The smallest absolute Gasteiger partial charge is 0.308 e. The van der Waals surface area contributed by atoms with Gasteiger partial charge in [0.25, 0.3) is 5.91 Å². The Hall–Kier alpha value is -2.37. The summed E-state index contributed by atoms with van der Waals surface area (Å²) >= 11 is 0. The Balaban J connectivity index is 1.09. The van der Waals surface area contributed by atoms with Crippen LogP contribution in [0, 0.1) is 23.2 Å². The van der Waals surface area contributed by atoms with Crippen molar-refractivity contribution in [1.29, 1.82) is 0 Å². The molecule has 1 aromatic carbocycles. The summed E-state index contributed by atoms with van der Waals surface area (Å²) in [5, 5.41) is 5.77. The van der Waals surface area contributed by atoms with E-state index < -0.39 is 5.97 Å². The van der Waals surface area contributed by atoms with Crippen molar-refractivity contribution in [2.75, 3.05) is 19.7 Å². The van der Waals surface area contributed by atoms with Crippen molar-refractivity contribution >= 4 is 17.8 Å². The summed E-state index contributed by atoms with van der Waals surface area (Å²) < 4.78 is 5.08. The number of rotatable bonds is 10. The van der Waals surface area contributed by atoms with Crippen LogP contribution in [-0.2, 0) is 25.5 Å². The summed E-state index contributed by atoms with van der Waals surface area (Å²) in [6, 6.07) is 8.40. The number of amides is 2. The van der Waals surface area contributed by atoms with E-state index in [9.17, 15) is 14.4 Å². The Morgan fingerprint density at radius 1 is 0.939 bits per heavy atom. The van der Waals surface area contributed by atoms with Gasteiger partial charge in [-0.1, -0.05) is 38.1 Å². The molecular formula is C27H38N2O4. The van der Waals surface area contributed by atoms with Gasteiger partial charge in [-0.3, -0.25) is 14.4 Å². The van der Waals surface area contributed by atoms with Gasteiger partial charge in [-0.05, 0) is 79.7 Å². The van der Waals surface area contributed by atoms with Gasteiger partial charge in [0.1, 0.15) is 0 Å². The molecule has 2 N–H and O–H groups in total. The number of nitrogens with one attached hydrogen (secondary N) is 2. The molecule has 180 valence electrons. The van der Waals surface area contributed by atoms with Crippen LogP contribution >= 0.6 is 0 Å². The van der Waals surface area contributed by atoms with E-state index in [1.807, 2.05) is 0 Å². The van der Waals surface area contributed by atoms with E-state index in [2.05, 4.69) is 48.7 Å². The second kappa shape index (κ2) is 10.3. The van der Waals surface area contributed by atoms with Gasteiger partial charge in [-0.15, -0.1) is 0 Å². The van der Waals surface area contributed by atoms with Gasteiger partial charge >= 0.3 is 5.97 Å². The first-order valence-corrected chi connectivity index (χ1v) is 12.6. The second-order valence-electron chi connectivity index (χ2n) is 10.9. The molecule has 1 aromatic rings. The molecule has 4 bridgehead atoms. The molecule has 4 aliphatic carbocycles. The maximum absolute atomic E-state index is 12.9. The Morgan fingerprint density at radius 3 is 2.12 bits per heavy atom. The molecule has 0 atom stereocenters. The number of ether oxygens (including phenoxy) is 1. The van der Waals surface area contributed by atoms with Crippen LogP contribution in [0.5, 0.6) is 0 Å². The summed E-state index contributed by atoms with van der Waals surface area (Å²) in [6.45, 7) is 4.81. The predicted octanol–water partition coefficient (Wildman–Crippen LogP) is 3.73. The van der Waals surface area contributed by atoms with E-state index in [-0.39, 0.29) is 36.8 Å². The zero-order valence-electron chi connectivity index (χ0n) is 20.0. The normalized spacial score (nSPS) is 27.4. The highest BCUT2D eigenvalue weighted by atomic mass is 16.5. The lowest BCUT2D eigenvalue weighted by molar-refractivity contribution is -0.149. The molecule has 5 rings (SSSR count). The fourth-order valence-electron chi connectivity index (χ4n) is 6.54. The highest BCUT2D eigenvalue weighted by Gasteiger charge is 2.54. The van der Waals surface area contributed by atoms with Crippen molar-refractivity contribution < 1.29 is 19.1 Å². The molecule has 33 heavy (non-hydrogen) atoms. The number of benzene rings is 1. The molecule has 0 spiro atoms. The predicted molar refractivity (Wildman–Crippen MR) is 126 cm³/mol. The molecule has 4 aliphatic rings. The van der Waals surface area contributed by atoms with Gasteiger partial charge in [-0.25, -0.2) is 0 Å². The summed E-state index contributed by atoms with van der Waals surface area (Å²) in [5.41, 5.74) is 2.25. The van der Waals surface area contributed by atoms with Gasteiger partial charge in [-0.2, -0.15) is 0 Å². The van der Waals surface area contributed by atoms with E-state index in [1.54, 1.807) is 0 Å². The van der Waals surface area contributed by atoms with E-state index in [4.69, 9.17) is 4.74 Å². The summed E-state index contributed by atoms with van der Waals surface area (Å²) in [7, 11) is 0. The lowest BCUT2D eigenvalue weighted by Gasteiger charge is -2.55. The zero-order chi connectivity index (χ0) is 23.4. The van der Waals surface area contributed by atoms with Gasteiger partial charge < -0.3 is 15.4 Å². The monoisotopic (exact) mass is 454 g/mol. The molecule has 0 aromatic heterocycles. The van der Waals surface area contributed by atoms with Crippen LogP contribution in [0.3, 0.4) is 0 Å². The minimum atomic E-state index is -0.458. The quantitative estimate of drug-likeness (QED) is 0.528. The lowest BCUT2D eigenvalue weighted by atomic mass is 9.49. The molecule has 0 heterocycles. The van der Waals surface area contributed by atoms with Crippen LogP contribution < -0.4 is 10.6 Å². The molecule has 2 amide bonds. The maximum atomic E-state index is 12.9. The van der Waals surface area contributed by atoms with Gasteiger partial charge in [0.05, 0.1) is 6.42 Å². The van der Waals surface area contributed by atoms with Crippen molar-refractivity contribution in [3.05, 3.63) is 35.4 Å². The number of carbonyl (C=O) groups excluding carboxylic acids is 3. The third-order valence-electron chi connectivity index (χ3n) is 7.88. The molecule has 0 saturated heterocycles. The van der Waals surface area contributed by atoms with Crippen molar-refractivity contribution in [3.8, 4) is 0 Å². The van der Waals surface area contributed by atoms with Crippen molar-refractivity contribution in [2.45, 2.75) is 71.1 Å². The van der Waals surface area contributed by atoms with E-state index >= 15 is 0 Å². The SMILES string of the molecule is CC(C)c1ccc(CCNC(=O)COC(=O)CCNC(=O)C23CC4CC(CC(C4)C2)C3)cc1. The first-order valence-electron chi connectivity index (χ1n) is 12.6. The molecule has 4 fully saturated rings. The van der Waals surface area contributed by atoms with Crippen LogP contribution in [0.25, 0.3) is 0 Å². The van der Waals surface area contributed by atoms with E-state index in [1.165, 1.54) is 24.8 Å². The number of hydrogen-bond acceptors (Lipinski definition) is 4. The molecular weight excluding hydrogens is 416 g/mol. The minimum absolute atomic E-state index is 0.0909. The third kappa shape index (κ3) is 5.96. The first-order chi connectivity index (χ1) is 15.8. The third-order valence-corrected chi connectivity index (χ3v) is 7.88. The molecule has 0 aliphatic heterocycles. The van der Waals surface area contributed by atoms with Crippen LogP contribution in [0.15, 0.2) is 24.3 Å². The van der Waals surface area contributed by atoms with Crippen molar-refractivity contribution in [2.24, 2.45) is 23.2 Å². The number of carbonyl (C=O) groups is 3. The lowest BCUT2D eigenvalue weighted by Crippen LogP contribution is -2.53. The van der Waals surface area contributed by atoms with Gasteiger partial charge in [0.15, 0.2) is 6.61 Å². The Morgan fingerprint density at radius 2 is 1.55 bits per heavy atom. The van der Waals surface area contributed by atoms with Crippen LogP contribution in [0.4, 0.5) is 0 Å². The van der Waals surface area contributed by atoms with E-state index in [0.29, 0.717) is 30.2 Å². The van der Waals surface area contributed by atoms with Crippen molar-refractivity contribution in [3.63, 3.8) is 0 Å². The fraction of sp³-hybridized carbons (Fsp3) is 0.667. The molecule has 6 heteroatoms. The zero-order valence-corrected chi connectivity index (χ0v) is 20.0. The Labute approximate surface area is 197 Å². The van der Waals surface area contributed by atoms with Crippen molar-refractivity contribution in [1.82, 2.24) is 10.6 Å². The average molecular weight is 455 g/mol. The minimum Gasteiger partial charge on any atom is -0.456 e. The topological polar surface area (TPSA) is 84.5 Å². The number of hydrogen-bond donors (Lipinski definition) is 2. The van der Waals surface area contributed by atoms with E-state index in [0.717, 1.165) is 31.2 Å². The average Bonchev–Trinajstić information content (AvgIpc) is 2.77. The van der Waals surface area contributed by atoms with Gasteiger partial charge in [0.2, 0.25) is 5.91 Å². The fourth-order valence-corrected chi connectivity index (χ4v) is 6.54. The highest BCUT2D eigenvalue weighted by Crippen LogP contribution is 2.60. The summed E-state index contributed by atoms with van der Waals surface area (Å²) in [4.78, 5) is 36.9. The highest BCUT2D eigenvalue weighted by molar-refractivity contribution is 5.84. The first kappa shape index (κ1) is 23.8. The Bertz CT molecular complexity index is 826. The summed E-state index contributed by atoms with van der Waals surface area (Å²) in [5.74, 6) is 1.99. The Kier molecular flexibility index (Phi) is 7.40. The van der Waals surface area contributed by atoms with Crippen LogP contribution in [-0.4, -0.2) is 37.5 Å². The van der Waals surface area contributed by atoms with Gasteiger partial charge in [0, 0.05) is 18.5 Å². The molecule has 0 unspecified atom stereocenters. The second-order valence-corrected chi connectivity index (χ2v) is 10.9. The van der Waals surface area contributed by atoms with Crippen LogP contribution in [0.2, 0.25) is 0 Å². The number of esters is 1. The maximum Gasteiger partial charge on any atom is 0.308 e. The molecule has 6 nitrogen and oxygen atoms in total. The van der Waals surface area contributed by atoms with Crippen LogP contribution in [0.1, 0.15) is 75.8 Å².